The molecule has 0 aliphatic heterocycles. The normalized spacial score (nSPS) is 12.1. The molecule has 0 aliphatic carbocycles. The van der Waals surface area contributed by atoms with Gasteiger partial charge < -0.3 is 14.8 Å². The second kappa shape index (κ2) is 9.59. The van der Waals surface area contributed by atoms with Gasteiger partial charge in [0.15, 0.2) is 0 Å². The number of methoxy groups -OCH3 is 1. The smallest absolute Gasteiger partial charge is 0.134 e. The molecule has 1 N–H and O–H groups in total. The van der Waals surface area contributed by atoms with Crippen molar-refractivity contribution in [3.63, 3.8) is 0 Å². The maximum atomic E-state index is 6.05. The molecule has 0 aromatic heterocycles. The van der Waals surface area contributed by atoms with E-state index >= 15 is 0 Å². The molecular formula is C16H25NO2. The van der Waals surface area contributed by atoms with Crippen molar-refractivity contribution in [2.24, 2.45) is 0 Å². The van der Waals surface area contributed by atoms with E-state index in [1.807, 2.05) is 24.3 Å². The Balaban J connectivity index is 2.63. The molecule has 0 spiro atoms. The number of benzene rings is 1. The third kappa shape index (κ3) is 5.90. The molecule has 1 atom stereocenters. The highest BCUT2D eigenvalue weighted by atomic mass is 16.5. The Hall–Kier alpha value is -1.32. The van der Waals surface area contributed by atoms with Crippen LogP contribution in [0.25, 0.3) is 0 Å². The molecule has 1 unspecified atom stereocenters. The summed E-state index contributed by atoms with van der Waals surface area (Å²) in [5.74, 6) is 0.919. The van der Waals surface area contributed by atoms with Crippen molar-refractivity contribution in [3.05, 3.63) is 42.5 Å². The van der Waals surface area contributed by atoms with Gasteiger partial charge in [-0.2, -0.15) is 0 Å². The number of hydrogen-bond acceptors (Lipinski definition) is 3. The van der Waals surface area contributed by atoms with Crippen molar-refractivity contribution >= 4 is 0 Å². The van der Waals surface area contributed by atoms with E-state index in [1.54, 1.807) is 7.11 Å². The van der Waals surface area contributed by atoms with Crippen molar-refractivity contribution in [1.82, 2.24) is 5.32 Å². The summed E-state index contributed by atoms with van der Waals surface area (Å²) in [6, 6.07) is 8.08. The Bertz CT molecular complexity index is 366. The molecule has 1 aromatic carbocycles. The van der Waals surface area contributed by atoms with Gasteiger partial charge in [-0.05, 0) is 31.0 Å². The third-order valence-corrected chi connectivity index (χ3v) is 2.78. The van der Waals surface area contributed by atoms with Crippen molar-refractivity contribution in [3.8, 4) is 5.75 Å². The minimum atomic E-state index is 0.0301. The highest BCUT2D eigenvalue weighted by molar-refractivity contribution is 5.34. The van der Waals surface area contributed by atoms with Gasteiger partial charge in [0.25, 0.3) is 0 Å². The first-order valence-electron chi connectivity index (χ1n) is 6.86. The van der Waals surface area contributed by atoms with E-state index in [4.69, 9.17) is 9.47 Å². The van der Waals surface area contributed by atoms with Gasteiger partial charge in [0, 0.05) is 13.7 Å². The predicted octanol–water partition coefficient (Wildman–Crippen LogP) is 2.81. The third-order valence-electron chi connectivity index (χ3n) is 2.78. The van der Waals surface area contributed by atoms with E-state index in [0.29, 0.717) is 6.61 Å². The van der Waals surface area contributed by atoms with Gasteiger partial charge in [0.1, 0.15) is 11.9 Å². The quantitative estimate of drug-likeness (QED) is 0.520. The maximum Gasteiger partial charge on any atom is 0.134 e. The van der Waals surface area contributed by atoms with Crippen LogP contribution >= 0.6 is 0 Å². The zero-order valence-electron chi connectivity index (χ0n) is 12.0. The second-order valence-electron chi connectivity index (χ2n) is 4.50. The van der Waals surface area contributed by atoms with Crippen LogP contribution in [0.2, 0.25) is 0 Å². The average molecular weight is 263 g/mol. The summed E-state index contributed by atoms with van der Waals surface area (Å²) in [7, 11) is 1.70. The van der Waals surface area contributed by atoms with Crippen molar-refractivity contribution in [2.45, 2.75) is 25.9 Å². The van der Waals surface area contributed by atoms with E-state index in [-0.39, 0.29) is 6.10 Å². The van der Waals surface area contributed by atoms with Gasteiger partial charge in [0.05, 0.1) is 6.61 Å². The van der Waals surface area contributed by atoms with Crippen molar-refractivity contribution < 1.29 is 9.47 Å². The van der Waals surface area contributed by atoms with Gasteiger partial charge in [-0.25, -0.2) is 0 Å². The van der Waals surface area contributed by atoms with E-state index < -0.39 is 0 Å². The van der Waals surface area contributed by atoms with Gasteiger partial charge >= 0.3 is 0 Å². The topological polar surface area (TPSA) is 30.5 Å². The lowest BCUT2D eigenvalue weighted by Crippen LogP contribution is -2.35. The molecule has 1 rings (SSSR count). The van der Waals surface area contributed by atoms with Crippen molar-refractivity contribution in [2.75, 3.05) is 26.8 Å². The summed E-state index contributed by atoms with van der Waals surface area (Å²) in [4.78, 5) is 0. The minimum Gasteiger partial charge on any atom is -0.486 e. The number of allylic oxidation sites excluding steroid dienone is 1. The molecule has 1 aromatic rings. The zero-order chi connectivity index (χ0) is 13.9. The summed E-state index contributed by atoms with van der Waals surface area (Å²) in [6.07, 6.45) is 3.86. The lowest BCUT2D eigenvalue weighted by molar-refractivity contribution is 0.0802. The highest BCUT2D eigenvalue weighted by Crippen LogP contribution is 2.20. The van der Waals surface area contributed by atoms with Gasteiger partial charge in [-0.1, -0.05) is 31.2 Å². The first kappa shape index (κ1) is 15.7. The number of rotatable bonds is 10. The Morgan fingerprint density at radius 1 is 1.37 bits per heavy atom. The van der Waals surface area contributed by atoms with E-state index in [2.05, 4.69) is 24.9 Å². The van der Waals surface area contributed by atoms with Crippen LogP contribution < -0.4 is 10.1 Å². The molecular weight excluding hydrogens is 238 g/mol. The average Bonchev–Trinajstić information content (AvgIpc) is 2.42. The van der Waals surface area contributed by atoms with Crippen LogP contribution in [0.5, 0.6) is 5.75 Å². The first-order valence-corrected chi connectivity index (χ1v) is 6.86. The fourth-order valence-corrected chi connectivity index (χ4v) is 1.88. The SMILES string of the molecule is C=CCc1ccccc1OC(CNCCC)COC. The van der Waals surface area contributed by atoms with Crippen LogP contribution in [0.15, 0.2) is 36.9 Å². The molecule has 0 bridgehead atoms. The van der Waals surface area contributed by atoms with Crippen LogP contribution in [0, 0.1) is 0 Å². The summed E-state index contributed by atoms with van der Waals surface area (Å²) in [5, 5.41) is 3.37. The number of ether oxygens (including phenoxy) is 2. The first-order chi connectivity index (χ1) is 9.31. The molecule has 3 heteroatoms. The summed E-state index contributed by atoms with van der Waals surface area (Å²) >= 11 is 0. The molecule has 0 fully saturated rings. The molecule has 0 amide bonds. The van der Waals surface area contributed by atoms with Crippen LogP contribution in [-0.2, 0) is 11.2 Å². The number of nitrogens with one attached hydrogen (secondary N) is 1. The number of para-hydroxylation sites is 1. The molecule has 0 radical (unpaired) electrons. The summed E-state index contributed by atoms with van der Waals surface area (Å²) in [6.45, 7) is 8.31. The maximum absolute atomic E-state index is 6.05. The Morgan fingerprint density at radius 2 is 2.16 bits per heavy atom. The Morgan fingerprint density at radius 3 is 2.84 bits per heavy atom. The minimum absolute atomic E-state index is 0.0301. The molecule has 19 heavy (non-hydrogen) atoms. The summed E-state index contributed by atoms with van der Waals surface area (Å²) in [5.41, 5.74) is 1.16. The van der Waals surface area contributed by atoms with E-state index in [0.717, 1.165) is 37.2 Å². The highest BCUT2D eigenvalue weighted by Gasteiger charge is 2.11. The van der Waals surface area contributed by atoms with Crippen LogP contribution in [-0.4, -0.2) is 32.9 Å². The molecule has 0 heterocycles. The van der Waals surface area contributed by atoms with Gasteiger partial charge in [-0.3, -0.25) is 0 Å². The Labute approximate surface area is 116 Å². The fourth-order valence-electron chi connectivity index (χ4n) is 1.88. The zero-order valence-corrected chi connectivity index (χ0v) is 12.0. The molecule has 0 aliphatic rings. The van der Waals surface area contributed by atoms with Gasteiger partial charge in [-0.15, -0.1) is 6.58 Å². The van der Waals surface area contributed by atoms with E-state index in [9.17, 15) is 0 Å². The van der Waals surface area contributed by atoms with Crippen LogP contribution in [0.1, 0.15) is 18.9 Å². The lowest BCUT2D eigenvalue weighted by Gasteiger charge is -2.20. The molecule has 3 nitrogen and oxygen atoms in total. The summed E-state index contributed by atoms with van der Waals surface area (Å²) < 4.78 is 11.3. The predicted molar refractivity (Wildman–Crippen MR) is 79.8 cm³/mol. The lowest BCUT2D eigenvalue weighted by atomic mass is 10.1. The molecule has 0 saturated carbocycles. The molecule has 106 valence electrons. The van der Waals surface area contributed by atoms with Gasteiger partial charge in [0.2, 0.25) is 0 Å². The van der Waals surface area contributed by atoms with E-state index in [1.165, 1.54) is 0 Å². The Kier molecular flexibility index (Phi) is 7.94. The fraction of sp³-hybridized carbons (Fsp3) is 0.500. The van der Waals surface area contributed by atoms with Crippen LogP contribution in [0.4, 0.5) is 0 Å². The standard InChI is InChI=1S/C16H25NO2/c1-4-8-14-9-6-7-10-16(14)19-15(13-18-3)12-17-11-5-2/h4,6-7,9-10,15,17H,1,5,8,11-13H2,2-3H3. The largest absolute Gasteiger partial charge is 0.486 e. The second-order valence-corrected chi connectivity index (χ2v) is 4.50. The van der Waals surface area contributed by atoms with Crippen LogP contribution in [0.3, 0.4) is 0 Å². The molecule has 0 saturated heterocycles. The monoisotopic (exact) mass is 263 g/mol. The van der Waals surface area contributed by atoms with Crippen molar-refractivity contribution in [1.29, 1.82) is 0 Å². The number of hydrogen-bond donors (Lipinski definition) is 1.